The van der Waals surface area contributed by atoms with E-state index in [1.807, 2.05) is 42.6 Å². The summed E-state index contributed by atoms with van der Waals surface area (Å²) in [6.45, 7) is 1.25. The number of rotatable bonds is 3. The van der Waals surface area contributed by atoms with Gasteiger partial charge in [-0.05, 0) is 24.6 Å². The van der Waals surface area contributed by atoms with Crippen LogP contribution in [-0.2, 0) is 31.1 Å². The Bertz CT molecular complexity index is 715. The molecule has 0 fully saturated rings. The second-order valence-electron chi connectivity index (χ2n) is 4.83. The first-order valence-electron chi connectivity index (χ1n) is 6.98. The van der Waals surface area contributed by atoms with E-state index >= 15 is 0 Å². The molecule has 0 aliphatic rings. The molecule has 0 aliphatic carbocycles. The Labute approximate surface area is 155 Å². The van der Waals surface area contributed by atoms with Crippen LogP contribution in [0.25, 0.3) is 0 Å². The van der Waals surface area contributed by atoms with Crippen LogP contribution in [0.3, 0.4) is 0 Å². The van der Waals surface area contributed by atoms with Crippen molar-refractivity contribution in [1.82, 2.24) is 15.0 Å². The van der Waals surface area contributed by atoms with Crippen molar-refractivity contribution >= 4 is 12.8 Å². The second-order valence-corrected chi connectivity index (χ2v) is 7.05. The molecule has 1 radical (unpaired) electrons. The number of hydrogen-bond donors (Lipinski definition) is 1. The van der Waals surface area contributed by atoms with Crippen LogP contribution in [0.1, 0.15) is 11.3 Å². The zero-order chi connectivity index (χ0) is 16.5. The molecule has 1 N–H and O–H groups in total. The van der Waals surface area contributed by atoms with Crippen molar-refractivity contribution in [3.05, 3.63) is 84.6 Å². The van der Waals surface area contributed by atoms with E-state index in [0.29, 0.717) is 0 Å². The predicted molar refractivity (Wildman–Crippen MR) is 89.7 cm³/mol. The molecule has 7 heteroatoms. The molecule has 0 bridgehead atoms. The maximum absolute atomic E-state index is 10.9. The molecule has 0 saturated heterocycles. The van der Waals surface area contributed by atoms with Crippen LogP contribution in [0, 0.1) is 6.07 Å². The fraction of sp³-hybridized carbons (Fsp3) is 0.118. The summed E-state index contributed by atoms with van der Waals surface area (Å²) < 4.78 is 10.9. The monoisotopic (exact) mass is 519 g/mol. The average Bonchev–Trinajstić information content (AvgIpc) is 2.57. The Morgan fingerprint density at radius 3 is 2.38 bits per heavy atom. The molecule has 0 amide bonds. The molecule has 1 unspecified atom stereocenters. The summed E-state index contributed by atoms with van der Waals surface area (Å²) in [7, 11) is -3.17. The van der Waals surface area contributed by atoms with Crippen molar-refractivity contribution in [2.24, 2.45) is 0 Å². The van der Waals surface area contributed by atoms with Crippen LogP contribution in [0.4, 0.5) is 0 Å². The van der Waals surface area contributed by atoms with Crippen LogP contribution in [0.2, 0.25) is 0 Å². The predicted octanol–water partition coefficient (Wildman–Crippen LogP) is 2.47. The Morgan fingerprint density at radius 2 is 1.88 bits per heavy atom. The molecule has 127 valence electrons. The summed E-state index contributed by atoms with van der Waals surface area (Å²) in [4.78, 5) is 20.4. The van der Waals surface area contributed by atoms with Gasteiger partial charge in [0.05, 0.1) is 0 Å². The van der Waals surface area contributed by atoms with E-state index in [2.05, 4.69) is 27.1 Å². The van der Waals surface area contributed by atoms with Gasteiger partial charge in [-0.25, -0.2) is 9.97 Å². The SMILES string of the molecule is CP(=O)(O)c1ccncn1.[Ir].[c-]1ccccc1Cc1ccccn1. The maximum atomic E-state index is 10.9. The normalized spacial score (nSPS) is 12.1. The summed E-state index contributed by atoms with van der Waals surface area (Å²) in [6, 6.07) is 18.6. The van der Waals surface area contributed by atoms with Crippen LogP contribution >= 0.6 is 7.37 Å². The Morgan fingerprint density at radius 1 is 1.08 bits per heavy atom. The van der Waals surface area contributed by atoms with Gasteiger partial charge in [-0.2, -0.15) is 35.9 Å². The minimum atomic E-state index is -3.17. The summed E-state index contributed by atoms with van der Waals surface area (Å²) in [6.07, 6.45) is 5.37. The van der Waals surface area contributed by atoms with Gasteiger partial charge in [0.2, 0.25) is 7.37 Å². The van der Waals surface area contributed by atoms with Gasteiger partial charge < -0.3 is 4.89 Å². The second kappa shape index (κ2) is 10.2. The fourth-order valence-corrected chi connectivity index (χ4v) is 2.38. The van der Waals surface area contributed by atoms with Crippen molar-refractivity contribution in [3.8, 4) is 0 Å². The minimum Gasteiger partial charge on any atom is -0.340 e. The Kier molecular flexibility index (Phi) is 8.66. The van der Waals surface area contributed by atoms with Gasteiger partial charge in [0, 0.05) is 44.9 Å². The molecule has 0 saturated carbocycles. The molecular formula is C17H17IrN3O2P-. The number of aromatic nitrogens is 3. The maximum Gasteiger partial charge on any atom is 0.244 e. The van der Waals surface area contributed by atoms with Crippen LogP contribution < -0.4 is 5.44 Å². The third-order valence-corrected chi connectivity index (χ3v) is 3.98. The molecule has 5 nitrogen and oxygen atoms in total. The minimum absolute atomic E-state index is 0. The molecule has 24 heavy (non-hydrogen) atoms. The molecule has 1 atom stereocenters. The van der Waals surface area contributed by atoms with Crippen molar-refractivity contribution in [1.29, 1.82) is 0 Å². The standard InChI is InChI=1S/C12H10N.C5H7N2O2P.Ir/c1-2-6-11(7-3-1)10-12-8-4-5-9-13-12;1-10(8,9)5-2-3-6-4-7-5;/h1-6,8-9H,10H2;2-4H,1H3,(H,8,9);/q-1;;. The Hall–Kier alpha value is -1.71. The molecule has 3 aromatic rings. The fourth-order valence-electron chi connectivity index (χ4n) is 1.77. The molecule has 1 aromatic carbocycles. The number of pyridine rings is 1. The van der Waals surface area contributed by atoms with Crippen LogP contribution in [0.15, 0.2) is 67.3 Å². The summed E-state index contributed by atoms with van der Waals surface area (Å²) >= 11 is 0. The van der Waals surface area contributed by atoms with Crippen LogP contribution in [0.5, 0.6) is 0 Å². The summed E-state index contributed by atoms with van der Waals surface area (Å²) in [5.41, 5.74) is 2.47. The molecule has 0 spiro atoms. The molecule has 3 rings (SSSR count). The van der Waals surface area contributed by atoms with E-state index in [1.54, 1.807) is 0 Å². The molecular weight excluding hydrogens is 501 g/mol. The van der Waals surface area contributed by atoms with Gasteiger partial charge in [-0.3, -0.25) is 9.55 Å². The van der Waals surface area contributed by atoms with Gasteiger partial charge in [0.25, 0.3) is 0 Å². The summed E-state index contributed by atoms with van der Waals surface area (Å²) in [5.74, 6) is 0. The number of nitrogens with zero attached hydrogens (tertiary/aromatic N) is 3. The van der Waals surface area contributed by atoms with Crippen molar-refractivity contribution in [2.45, 2.75) is 6.42 Å². The van der Waals surface area contributed by atoms with Crippen molar-refractivity contribution in [2.75, 3.05) is 6.66 Å². The smallest absolute Gasteiger partial charge is 0.244 e. The zero-order valence-corrected chi connectivity index (χ0v) is 16.3. The van der Waals surface area contributed by atoms with Gasteiger partial charge in [0.1, 0.15) is 11.8 Å². The third-order valence-electron chi connectivity index (χ3n) is 2.86. The van der Waals surface area contributed by atoms with Gasteiger partial charge in [-0.15, -0.1) is 0 Å². The first-order valence-corrected chi connectivity index (χ1v) is 9.09. The van der Waals surface area contributed by atoms with E-state index in [9.17, 15) is 4.57 Å². The van der Waals surface area contributed by atoms with E-state index in [0.717, 1.165) is 12.1 Å². The molecule has 0 aliphatic heterocycles. The van der Waals surface area contributed by atoms with Gasteiger partial charge >= 0.3 is 0 Å². The van der Waals surface area contributed by atoms with E-state index in [1.165, 1.54) is 30.8 Å². The topological polar surface area (TPSA) is 76.0 Å². The third kappa shape index (κ3) is 7.24. The quantitative estimate of drug-likeness (QED) is 0.426. The van der Waals surface area contributed by atoms with E-state index in [-0.39, 0.29) is 25.5 Å². The first kappa shape index (κ1) is 20.3. The largest absolute Gasteiger partial charge is 0.340 e. The zero-order valence-electron chi connectivity index (χ0n) is 13.0. The molecule has 2 aromatic heterocycles. The first-order chi connectivity index (χ1) is 11.1. The number of hydrogen-bond acceptors (Lipinski definition) is 4. The van der Waals surface area contributed by atoms with Crippen LogP contribution in [-0.4, -0.2) is 26.5 Å². The van der Waals surface area contributed by atoms with E-state index < -0.39 is 7.37 Å². The summed E-state index contributed by atoms with van der Waals surface area (Å²) in [5, 5.41) is 0. The van der Waals surface area contributed by atoms with Gasteiger partial charge in [-0.1, -0.05) is 6.07 Å². The number of benzene rings is 1. The molecule has 2 heterocycles. The van der Waals surface area contributed by atoms with Gasteiger partial charge in [0.15, 0.2) is 0 Å². The average molecular weight is 519 g/mol. The van der Waals surface area contributed by atoms with Crippen molar-refractivity contribution < 1.29 is 29.6 Å². The Balaban J connectivity index is 0.000000238. The van der Waals surface area contributed by atoms with E-state index in [4.69, 9.17) is 4.89 Å². The van der Waals surface area contributed by atoms with Crippen molar-refractivity contribution in [3.63, 3.8) is 0 Å².